The van der Waals surface area contributed by atoms with E-state index in [1.54, 1.807) is 0 Å². The van der Waals surface area contributed by atoms with E-state index >= 15 is 0 Å². The monoisotopic (exact) mass is 442 g/mol. The fourth-order valence-corrected chi connectivity index (χ4v) is 5.61. The molecule has 1 unspecified atom stereocenters. The van der Waals surface area contributed by atoms with Crippen molar-refractivity contribution in [3.05, 3.63) is 143 Å². The zero-order valence-corrected chi connectivity index (χ0v) is 19.9. The minimum Gasteiger partial charge on any atom is -0.364 e. The number of nitrogens with zero attached hydrogens (tertiary/aromatic N) is 2. The first-order valence-corrected chi connectivity index (χ1v) is 12.2. The molecule has 0 radical (unpaired) electrons. The minimum absolute atomic E-state index is 0.218. The van der Waals surface area contributed by atoms with Gasteiger partial charge in [-0.15, -0.1) is 0 Å². The second-order valence-corrected chi connectivity index (χ2v) is 9.54. The highest BCUT2D eigenvalue weighted by Crippen LogP contribution is 2.45. The van der Waals surface area contributed by atoms with E-state index in [0.717, 1.165) is 13.1 Å². The van der Waals surface area contributed by atoms with Crippen LogP contribution >= 0.6 is 0 Å². The van der Waals surface area contributed by atoms with Crippen LogP contribution in [0.2, 0.25) is 0 Å². The van der Waals surface area contributed by atoms with Gasteiger partial charge in [-0.25, -0.2) is 0 Å². The standard InChI is InChI=1S/C32H30N2/c1-23-17-18-34-31(19-23)27-15-9-10-16-28(27)32(34)22-33-21-29(25-11-5-3-6-12-25)24(2)20-30(33)26-13-7-4-8-14-26/h3-17,19-21,30,32H,18,22H2,1-2H3/t30?,32-/m0/s1. The maximum absolute atomic E-state index is 2.58. The molecule has 3 heterocycles. The Labute approximate surface area is 202 Å². The van der Waals surface area contributed by atoms with E-state index in [2.05, 4.69) is 133 Å². The predicted octanol–water partition coefficient (Wildman–Crippen LogP) is 7.39. The van der Waals surface area contributed by atoms with E-state index < -0.39 is 0 Å². The summed E-state index contributed by atoms with van der Waals surface area (Å²) in [5, 5.41) is 0. The molecule has 168 valence electrons. The molecule has 2 nitrogen and oxygen atoms in total. The maximum atomic E-state index is 2.58. The van der Waals surface area contributed by atoms with Crippen LogP contribution in [-0.4, -0.2) is 22.9 Å². The number of hydrogen-bond acceptors (Lipinski definition) is 2. The third kappa shape index (κ3) is 3.60. The number of rotatable bonds is 4. The Morgan fingerprint density at radius 3 is 2.32 bits per heavy atom. The van der Waals surface area contributed by atoms with Crippen molar-refractivity contribution >= 4 is 11.3 Å². The van der Waals surface area contributed by atoms with Crippen LogP contribution in [0.25, 0.3) is 11.3 Å². The number of allylic oxidation sites excluding steroid dienone is 4. The van der Waals surface area contributed by atoms with Gasteiger partial charge in [-0.2, -0.15) is 0 Å². The molecule has 0 N–H and O–H groups in total. The lowest BCUT2D eigenvalue weighted by Crippen LogP contribution is -2.35. The Kier molecular flexibility index (Phi) is 5.22. The quantitative estimate of drug-likeness (QED) is 0.416. The first-order valence-electron chi connectivity index (χ1n) is 12.2. The highest BCUT2D eigenvalue weighted by Gasteiger charge is 2.36. The second-order valence-electron chi connectivity index (χ2n) is 9.54. The summed E-state index contributed by atoms with van der Waals surface area (Å²) >= 11 is 0. The van der Waals surface area contributed by atoms with E-state index in [9.17, 15) is 0 Å². The molecule has 0 saturated carbocycles. The van der Waals surface area contributed by atoms with Crippen molar-refractivity contribution in [1.29, 1.82) is 0 Å². The molecule has 0 bridgehead atoms. The summed E-state index contributed by atoms with van der Waals surface area (Å²) in [6, 6.07) is 31.2. The molecule has 3 aromatic carbocycles. The molecule has 3 aromatic rings. The van der Waals surface area contributed by atoms with Crippen LogP contribution < -0.4 is 0 Å². The molecule has 34 heavy (non-hydrogen) atoms. The summed E-state index contributed by atoms with van der Waals surface area (Å²) in [6.07, 6.45) is 9.54. The smallest absolute Gasteiger partial charge is 0.0728 e. The van der Waals surface area contributed by atoms with Crippen LogP contribution in [0.5, 0.6) is 0 Å². The van der Waals surface area contributed by atoms with Gasteiger partial charge < -0.3 is 9.80 Å². The van der Waals surface area contributed by atoms with Gasteiger partial charge in [0.25, 0.3) is 0 Å². The highest BCUT2D eigenvalue weighted by molar-refractivity contribution is 5.80. The topological polar surface area (TPSA) is 6.48 Å². The van der Waals surface area contributed by atoms with Crippen LogP contribution in [0, 0.1) is 0 Å². The molecule has 0 amide bonds. The van der Waals surface area contributed by atoms with Gasteiger partial charge in [0, 0.05) is 36.1 Å². The van der Waals surface area contributed by atoms with Crippen molar-refractivity contribution in [3.63, 3.8) is 0 Å². The van der Waals surface area contributed by atoms with Gasteiger partial charge in [-0.1, -0.05) is 103 Å². The summed E-state index contributed by atoms with van der Waals surface area (Å²) in [5.74, 6) is 0. The van der Waals surface area contributed by atoms with E-state index in [1.807, 2.05) is 0 Å². The van der Waals surface area contributed by atoms with Gasteiger partial charge in [0.1, 0.15) is 0 Å². The van der Waals surface area contributed by atoms with Gasteiger partial charge in [0.05, 0.1) is 12.1 Å². The SMILES string of the molecule is CC1=CCN2C(=C1)c1ccccc1[C@@H]2CN1C=C(c2ccccc2)C(C)=CC1c1ccccc1. The van der Waals surface area contributed by atoms with Crippen molar-refractivity contribution < 1.29 is 0 Å². The molecule has 0 aromatic heterocycles. The van der Waals surface area contributed by atoms with Crippen LogP contribution in [0.3, 0.4) is 0 Å². The Morgan fingerprint density at radius 2 is 1.53 bits per heavy atom. The van der Waals surface area contributed by atoms with E-state index in [1.165, 1.54) is 44.7 Å². The zero-order valence-electron chi connectivity index (χ0n) is 19.9. The van der Waals surface area contributed by atoms with Gasteiger partial charge >= 0.3 is 0 Å². The Morgan fingerprint density at radius 1 is 0.824 bits per heavy atom. The molecule has 0 aliphatic carbocycles. The molecule has 2 atom stereocenters. The largest absolute Gasteiger partial charge is 0.364 e. The third-order valence-corrected chi connectivity index (χ3v) is 7.35. The molecule has 3 aliphatic heterocycles. The predicted molar refractivity (Wildman–Crippen MR) is 142 cm³/mol. The van der Waals surface area contributed by atoms with E-state index in [4.69, 9.17) is 0 Å². The van der Waals surface area contributed by atoms with Gasteiger partial charge in [0.15, 0.2) is 0 Å². The summed E-state index contributed by atoms with van der Waals surface area (Å²) < 4.78 is 0. The van der Waals surface area contributed by atoms with Crippen LogP contribution in [0.4, 0.5) is 0 Å². The molecule has 0 spiro atoms. The minimum atomic E-state index is 0.218. The second kappa shape index (κ2) is 8.53. The third-order valence-electron chi connectivity index (χ3n) is 7.35. The maximum Gasteiger partial charge on any atom is 0.0728 e. The van der Waals surface area contributed by atoms with Gasteiger partial charge in [-0.3, -0.25) is 0 Å². The summed E-state index contributed by atoms with van der Waals surface area (Å²) in [4.78, 5) is 5.14. The van der Waals surface area contributed by atoms with Crippen LogP contribution in [-0.2, 0) is 0 Å². The number of fused-ring (bicyclic) bond motifs is 3. The molecule has 6 rings (SSSR count). The number of benzene rings is 3. The van der Waals surface area contributed by atoms with Crippen LogP contribution in [0.1, 0.15) is 48.2 Å². The molecular weight excluding hydrogens is 412 g/mol. The summed E-state index contributed by atoms with van der Waals surface area (Å²) in [6.45, 7) is 6.35. The molecular formula is C32H30N2. The van der Waals surface area contributed by atoms with Crippen molar-refractivity contribution in [1.82, 2.24) is 9.80 Å². The Balaban J connectivity index is 1.42. The van der Waals surface area contributed by atoms with Crippen LogP contribution in [0.15, 0.2) is 121 Å². The normalized spacial score (nSPS) is 21.2. The first-order chi connectivity index (χ1) is 16.7. The number of hydrogen-bond donors (Lipinski definition) is 0. The van der Waals surface area contributed by atoms with E-state index in [-0.39, 0.29) is 6.04 Å². The Bertz CT molecular complexity index is 1330. The van der Waals surface area contributed by atoms with Crippen molar-refractivity contribution in [2.75, 3.05) is 13.1 Å². The molecule has 0 saturated heterocycles. The van der Waals surface area contributed by atoms with Gasteiger partial charge in [-0.05, 0) is 42.2 Å². The lowest BCUT2D eigenvalue weighted by atomic mass is 9.91. The molecule has 3 aliphatic rings. The fourth-order valence-electron chi connectivity index (χ4n) is 5.61. The van der Waals surface area contributed by atoms with Crippen molar-refractivity contribution in [2.45, 2.75) is 25.9 Å². The summed E-state index contributed by atoms with van der Waals surface area (Å²) in [7, 11) is 0. The summed E-state index contributed by atoms with van der Waals surface area (Å²) in [5.41, 5.74) is 10.8. The van der Waals surface area contributed by atoms with Crippen molar-refractivity contribution in [2.24, 2.45) is 0 Å². The van der Waals surface area contributed by atoms with E-state index in [0.29, 0.717) is 6.04 Å². The average molecular weight is 443 g/mol. The zero-order chi connectivity index (χ0) is 23.1. The lowest BCUT2D eigenvalue weighted by molar-refractivity contribution is 0.226. The first kappa shape index (κ1) is 20.8. The Hall–Kier alpha value is -3.78. The fraction of sp³-hybridized carbons (Fsp3) is 0.188. The van der Waals surface area contributed by atoms with Crippen molar-refractivity contribution in [3.8, 4) is 0 Å². The molecule has 2 heteroatoms. The van der Waals surface area contributed by atoms with Gasteiger partial charge in [0.2, 0.25) is 0 Å². The lowest BCUT2D eigenvalue weighted by Gasteiger charge is -2.39. The molecule has 0 fully saturated rings. The highest BCUT2D eigenvalue weighted by atomic mass is 15.3. The average Bonchev–Trinajstić information content (AvgIpc) is 3.18.